The second kappa shape index (κ2) is 7.37. The Morgan fingerprint density at radius 3 is 2.07 bits per heavy atom. The molecule has 2 heterocycles. The van der Waals surface area contributed by atoms with Gasteiger partial charge in [-0.1, -0.05) is 23.7 Å². The molecule has 2 aromatic rings. The first-order valence-corrected chi connectivity index (χ1v) is 9.41. The maximum absolute atomic E-state index is 13.4. The predicted octanol–water partition coefficient (Wildman–Crippen LogP) is 3.01. The van der Waals surface area contributed by atoms with Crippen molar-refractivity contribution in [1.82, 2.24) is 9.80 Å². The second-order valence-corrected chi connectivity index (χ2v) is 7.38. The number of anilines is 1. The lowest BCUT2D eigenvalue weighted by atomic mass is 10.0. The molecule has 0 bridgehead atoms. The monoisotopic (exact) mass is 399 g/mol. The SMILES string of the molecule is CN1CCN(C2=C(c3ccc(F)cc3)C(=O)N(c3ccc(Cl)cc3)C2=O)CC1. The maximum atomic E-state index is 13.4. The highest BCUT2D eigenvalue weighted by Gasteiger charge is 2.42. The molecular weight excluding hydrogens is 381 g/mol. The molecule has 0 radical (unpaired) electrons. The van der Waals surface area contributed by atoms with Crippen molar-refractivity contribution >= 4 is 34.7 Å². The molecule has 0 N–H and O–H groups in total. The third-order valence-corrected chi connectivity index (χ3v) is 5.35. The molecule has 1 saturated heterocycles. The first kappa shape index (κ1) is 18.7. The minimum Gasteiger partial charge on any atom is -0.364 e. The molecule has 5 nitrogen and oxygen atoms in total. The van der Waals surface area contributed by atoms with Crippen molar-refractivity contribution < 1.29 is 14.0 Å². The lowest BCUT2D eigenvalue weighted by Crippen LogP contribution is -2.46. The number of imide groups is 1. The number of hydrogen-bond acceptors (Lipinski definition) is 4. The van der Waals surface area contributed by atoms with Gasteiger partial charge in [0.15, 0.2) is 0 Å². The maximum Gasteiger partial charge on any atom is 0.282 e. The van der Waals surface area contributed by atoms with Gasteiger partial charge in [-0.3, -0.25) is 9.59 Å². The Morgan fingerprint density at radius 1 is 0.857 bits per heavy atom. The average Bonchev–Trinajstić information content (AvgIpc) is 2.94. The van der Waals surface area contributed by atoms with Gasteiger partial charge >= 0.3 is 0 Å². The largest absolute Gasteiger partial charge is 0.364 e. The highest BCUT2D eigenvalue weighted by molar-refractivity contribution is 6.45. The highest BCUT2D eigenvalue weighted by Crippen LogP contribution is 2.35. The summed E-state index contributed by atoms with van der Waals surface area (Å²) in [5, 5.41) is 0.522. The Morgan fingerprint density at radius 2 is 1.46 bits per heavy atom. The molecular formula is C21H19ClFN3O2. The number of rotatable bonds is 3. The van der Waals surface area contributed by atoms with E-state index in [-0.39, 0.29) is 5.91 Å². The van der Waals surface area contributed by atoms with Crippen LogP contribution >= 0.6 is 11.6 Å². The highest BCUT2D eigenvalue weighted by atomic mass is 35.5. The van der Waals surface area contributed by atoms with Crippen LogP contribution in [0.25, 0.3) is 5.57 Å². The number of halogens is 2. The number of hydrogen-bond donors (Lipinski definition) is 0. The van der Waals surface area contributed by atoms with Crippen LogP contribution in [0.5, 0.6) is 0 Å². The van der Waals surface area contributed by atoms with Crippen LogP contribution in [0.15, 0.2) is 54.2 Å². The van der Waals surface area contributed by atoms with Crippen molar-refractivity contribution in [3.8, 4) is 0 Å². The summed E-state index contributed by atoms with van der Waals surface area (Å²) >= 11 is 5.95. The van der Waals surface area contributed by atoms with Crippen molar-refractivity contribution in [2.45, 2.75) is 0 Å². The number of amides is 2. The van der Waals surface area contributed by atoms with Gasteiger partial charge in [-0.25, -0.2) is 9.29 Å². The van der Waals surface area contributed by atoms with Crippen LogP contribution in [0, 0.1) is 5.82 Å². The molecule has 1 fully saturated rings. The predicted molar refractivity (Wildman–Crippen MR) is 106 cm³/mol. The summed E-state index contributed by atoms with van der Waals surface area (Å²) in [7, 11) is 2.02. The van der Waals surface area contributed by atoms with E-state index in [1.165, 1.54) is 29.2 Å². The van der Waals surface area contributed by atoms with Crippen molar-refractivity contribution in [2.24, 2.45) is 0 Å². The molecule has 144 valence electrons. The molecule has 0 saturated carbocycles. The van der Waals surface area contributed by atoms with Gasteiger partial charge < -0.3 is 9.80 Å². The fourth-order valence-electron chi connectivity index (χ4n) is 3.54. The summed E-state index contributed by atoms with van der Waals surface area (Å²) in [6, 6.07) is 12.3. The molecule has 2 aliphatic heterocycles. The Hall–Kier alpha value is -2.70. The fourth-order valence-corrected chi connectivity index (χ4v) is 3.67. The number of carbonyl (C=O) groups excluding carboxylic acids is 2. The van der Waals surface area contributed by atoms with Gasteiger partial charge in [0, 0.05) is 31.2 Å². The van der Waals surface area contributed by atoms with Crippen molar-refractivity contribution in [2.75, 3.05) is 38.1 Å². The molecule has 7 heteroatoms. The lowest BCUT2D eigenvalue weighted by molar-refractivity contribution is -0.120. The van der Waals surface area contributed by atoms with Crippen LogP contribution in [-0.2, 0) is 9.59 Å². The van der Waals surface area contributed by atoms with Crippen molar-refractivity contribution in [3.05, 3.63) is 70.6 Å². The lowest BCUT2D eigenvalue weighted by Gasteiger charge is -2.34. The number of carbonyl (C=O) groups is 2. The van der Waals surface area contributed by atoms with Crippen molar-refractivity contribution in [3.63, 3.8) is 0 Å². The average molecular weight is 400 g/mol. The Balaban J connectivity index is 1.79. The minimum absolute atomic E-state index is 0.310. The first-order chi connectivity index (χ1) is 13.5. The molecule has 2 aromatic carbocycles. The van der Waals surface area contributed by atoms with E-state index in [0.717, 1.165) is 13.1 Å². The Labute approximate surface area is 167 Å². The number of nitrogens with zero attached hydrogens (tertiary/aromatic N) is 3. The number of piperazine rings is 1. The van der Waals surface area contributed by atoms with Gasteiger partial charge in [-0.2, -0.15) is 0 Å². The molecule has 0 spiro atoms. The number of likely N-dealkylation sites (N-methyl/N-ethyl adjacent to an activating group) is 1. The Bertz CT molecular complexity index is 949. The van der Waals surface area contributed by atoms with Crippen LogP contribution in [0.3, 0.4) is 0 Å². The normalized spacial score (nSPS) is 18.4. The van der Waals surface area contributed by atoms with Gasteiger partial charge in [0.2, 0.25) is 0 Å². The van der Waals surface area contributed by atoms with Gasteiger partial charge in [0.1, 0.15) is 11.5 Å². The van der Waals surface area contributed by atoms with Crippen LogP contribution in [0.2, 0.25) is 5.02 Å². The van der Waals surface area contributed by atoms with E-state index < -0.39 is 11.7 Å². The molecule has 0 atom stereocenters. The molecule has 28 heavy (non-hydrogen) atoms. The van der Waals surface area contributed by atoms with E-state index in [1.807, 2.05) is 11.9 Å². The molecule has 0 aliphatic carbocycles. The van der Waals surface area contributed by atoms with Crippen molar-refractivity contribution in [1.29, 1.82) is 0 Å². The van der Waals surface area contributed by atoms with Crippen LogP contribution in [-0.4, -0.2) is 54.8 Å². The van der Waals surface area contributed by atoms with Gasteiger partial charge in [-0.05, 0) is 49.0 Å². The third kappa shape index (κ3) is 3.30. The molecule has 2 aliphatic rings. The summed E-state index contributed by atoms with van der Waals surface area (Å²) in [5.41, 5.74) is 1.68. The number of benzene rings is 2. The van der Waals surface area contributed by atoms with E-state index in [1.54, 1.807) is 24.3 Å². The third-order valence-electron chi connectivity index (χ3n) is 5.10. The van der Waals surface area contributed by atoms with E-state index in [2.05, 4.69) is 4.90 Å². The Kier molecular flexibility index (Phi) is 4.91. The molecule has 4 rings (SSSR count). The van der Waals surface area contributed by atoms with Crippen LogP contribution < -0.4 is 4.90 Å². The van der Waals surface area contributed by atoms with E-state index in [9.17, 15) is 14.0 Å². The zero-order valence-corrected chi connectivity index (χ0v) is 16.1. The van der Waals surface area contributed by atoms with Crippen LogP contribution in [0.1, 0.15) is 5.56 Å². The van der Waals surface area contributed by atoms with E-state index in [4.69, 9.17) is 11.6 Å². The summed E-state index contributed by atoms with van der Waals surface area (Å²) in [4.78, 5) is 31.9. The first-order valence-electron chi connectivity index (χ1n) is 9.04. The molecule has 0 unspecified atom stereocenters. The summed E-state index contributed by atoms with van der Waals surface area (Å²) < 4.78 is 13.4. The smallest absolute Gasteiger partial charge is 0.282 e. The van der Waals surface area contributed by atoms with E-state index >= 15 is 0 Å². The van der Waals surface area contributed by atoms with E-state index in [0.29, 0.717) is 40.6 Å². The molecule has 2 amide bonds. The van der Waals surface area contributed by atoms with Gasteiger partial charge in [0.25, 0.3) is 11.8 Å². The van der Waals surface area contributed by atoms with Gasteiger partial charge in [-0.15, -0.1) is 0 Å². The zero-order chi connectivity index (χ0) is 19.8. The minimum atomic E-state index is -0.409. The van der Waals surface area contributed by atoms with Crippen LogP contribution in [0.4, 0.5) is 10.1 Å². The summed E-state index contributed by atoms with van der Waals surface area (Å²) in [6.07, 6.45) is 0. The second-order valence-electron chi connectivity index (χ2n) is 6.94. The quantitative estimate of drug-likeness (QED) is 0.744. The summed E-state index contributed by atoms with van der Waals surface area (Å²) in [5.74, 6) is -1.17. The fraction of sp³-hybridized carbons (Fsp3) is 0.238. The zero-order valence-electron chi connectivity index (χ0n) is 15.4. The van der Waals surface area contributed by atoms with Gasteiger partial charge in [0.05, 0.1) is 11.3 Å². The standard InChI is InChI=1S/C21H19ClFN3O2/c1-24-10-12-25(13-11-24)19-18(14-2-6-16(23)7-3-14)20(27)26(21(19)28)17-8-4-15(22)5-9-17/h2-9H,10-13H2,1H3. The topological polar surface area (TPSA) is 43.9 Å². The summed E-state index contributed by atoms with van der Waals surface area (Å²) in [6.45, 7) is 2.87. The molecule has 0 aromatic heterocycles.